The van der Waals surface area contributed by atoms with Gasteiger partial charge in [-0.1, -0.05) is 30.7 Å². The average Bonchev–Trinajstić information content (AvgIpc) is 2.43. The Bertz CT molecular complexity index is 542. The Balaban J connectivity index is 2.94. The van der Waals surface area contributed by atoms with Gasteiger partial charge in [0.05, 0.1) is 23.4 Å². The summed E-state index contributed by atoms with van der Waals surface area (Å²) in [6.45, 7) is 1.78. The Labute approximate surface area is 125 Å². The van der Waals surface area contributed by atoms with Crippen LogP contribution in [-0.4, -0.2) is 19.6 Å². The predicted molar refractivity (Wildman–Crippen MR) is 75.3 cm³/mol. The lowest BCUT2D eigenvalue weighted by Crippen LogP contribution is -2.12. The molecule has 7 heteroatoms. The van der Waals surface area contributed by atoms with E-state index in [-0.39, 0.29) is 17.3 Å². The first-order valence-electron chi connectivity index (χ1n) is 6.18. The van der Waals surface area contributed by atoms with Crippen molar-refractivity contribution in [1.29, 1.82) is 0 Å². The molecule has 0 aliphatic rings. The molecule has 0 aromatic heterocycles. The van der Waals surface area contributed by atoms with Gasteiger partial charge in [0.1, 0.15) is 0 Å². The van der Waals surface area contributed by atoms with Crippen molar-refractivity contribution < 1.29 is 22.7 Å². The van der Waals surface area contributed by atoms with E-state index >= 15 is 0 Å². The van der Waals surface area contributed by atoms with Crippen molar-refractivity contribution in [3.63, 3.8) is 0 Å². The third-order valence-corrected chi connectivity index (χ3v) is 3.09. The summed E-state index contributed by atoms with van der Waals surface area (Å²) in [5.74, 6) is -0.505. The number of hydrogen-bond donors (Lipinski definition) is 1. The van der Waals surface area contributed by atoms with Crippen molar-refractivity contribution in [3.8, 4) is 0 Å². The fraction of sp³-hybridized carbons (Fsp3) is 0.357. The summed E-state index contributed by atoms with van der Waals surface area (Å²) in [5.41, 5.74) is -0.673. The number of alkyl halides is 3. The standard InChI is InChI=1S/C14H15ClF3NO2/c1-3-9(13(20)21-2)7-8-19-12-10(14(16,17)18)5-4-6-11(12)15/h4-7,19H,3,8H2,1-2H3/b9-7-. The monoisotopic (exact) mass is 321 g/mol. The van der Waals surface area contributed by atoms with Gasteiger partial charge in [0, 0.05) is 12.1 Å². The predicted octanol–water partition coefficient (Wildman–Crippen LogP) is 4.28. The van der Waals surface area contributed by atoms with E-state index < -0.39 is 17.7 Å². The number of halogens is 4. The summed E-state index contributed by atoms with van der Waals surface area (Å²) >= 11 is 5.80. The average molecular weight is 322 g/mol. The number of carbonyl (C=O) groups is 1. The molecule has 0 saturated carbocycles. The molecule has 0 radical (unpaired) electrons. The van der Waals surface area contributed by atoms with Crippen molar-refractivity contribution in [2.45, 2.75) is 19.5 Å². The van der Waals surface area contributed by atoms with Crippen LogP contribution in [0.5, 0.6) is 0 Å². The third-order valence-electron chi connectivity index (χ3n) is 2.77. The lowest BCUT2D eigenvalue weighted by molar-refractivity contribution is -0.137. The lowest BCUT2D eigenvalue weighted by Gasteiger charge is -2.15. The summed E-state index contributed by atoms with van der Waals surface area (Å²) in [6, 6.07) is 3.54. The molecular formula is C14H15ClF3NO2. The molecule has 1 rings (SSSR count). The molecule has 1 N–H and O–H groups in total. The summed E-state index contributed by atoms with van der Waals surface area (Å²) in [6.07, 6.45) is -2.61. The number of hydrogen-bond acceptors (Lipinski definition) is 3. The minimum absolute atomic E-state index is 0.0328. The number of rotatable bonds is 5. The number of esters is 1. The van der Waals surface area contributed by atoms with Gasteiger partial charge >= 0.3 is 12.1 Å². The Morgan fingerprint density at radius 1 is 1.43 bits per heavy atom. The zero-order chi connectivity index (χ0) is 16.0. The van der Waals surface area contributed by atoms with E-state index in [1.54, 1.807) is 6.92 Å². The maximum Gasteiger partial charge on any atom is 0.418 e. The maximum atomic E-state index is 12.9. The van der Waals surface area contributed by atoms with E-state index in [4.69, 9.17) is 11.6 Å². The second kappa shape index (κ2) is 7.36. The van der Waals surface area contributed by atoms with Gasteiger partial charge in [0.2, 0.25) is 0 Å². The lowest BCUT2D eigenvalue weighted by atomic mass is 10.1. The quantitative estimate of drug-likeness (QED) is 0.650. The zero-order valence-corrected chi connectivity index (χ0v) is 12.3. The van der Waals surface area contributed by atoms with Crippen molar-refractivity contribution in [3.05, 3.63) is 40.4 Å². The van der Waals surface area contributed by atoms with Crippen LogP contribution in [0.3, 0.4) is 0 Å². The molecule has 0 saturated heterocycles. The molecule has 0 aliphatic heterocycles. The summed E-state index contributed by atoms with van der Waals surface area (Å²) in [5, 5.41) is 2.56. The van der Waals surface area contributed by atoms with E-state index in [1.807, 2.05) is 0 Å². The molecule has 0 fully saturated rings. The molecule has 3 nitrogen and oxygen atoms in total. The number of para-hydroxylation sites is 1. The van der Waals surface area contributed by atoms with E-state index in [1.165, 1.54) is 25.3 Å². The number of benzene rings is 1. The van der Waals surface area contributed by atoms with Crippen LogP contribution in [0.2, 0.25) is 5.02 Å². The first kappa shape index (κ1) is 17.4. The largest absolute Gasteiger partial charge is 0.466 e. The van der Waals surface area contributed by atoms with Gasteiger partial charge in [-0.2, -0.15) is 13.2 Å². The molecule has 0 amide bonds. The van der Waals surface area contributed by atoms with E-state index in [2.05, 4.69) is 10.1 Å². The first-order valence-corrected chi connectivity index (χ1v) is 6.56. The Morgan fingerprint density at radius 2 is 2.10 bits per heavy atom. The minimum Gasteiger partial charge on any atom is -0.466 e. The SMILES string of the molecule is CC/C(=C/CNc1c(Cl)cccc1C(F)(F)F)C(=O)OC. The van der Waals surface area contributed by atoms with Crippen LogP contribution in [0, 0.1) is 0 Å². The number of methoxy groups -OCH3 is 1. The highest BCUT2D eigenvalue weighted by molar-refractivity contribution is 6.33. The highest BCUT2D eigenvalue weighted by Crippen LogP contribution is 2.38. The van der Waals surface area contributed by atoms with Crippen LogP contribution in [0.15, 0.2) is 29.8 Å². The van der Waals surface area contributed by atoms with Crippen LogP contribution in [-0.2, 0) is 15.7 Å². The molecular weight excluding hydrogens is 307 g/mol. The number of carbonyl (C=O) groups excluding carboxylic acids is 1. The van der Waals surface area contributed by atoms with Crippen LogP contribution in [0.4, 0.5) is 18.9 Å². The number of ether oxygens (including phenoxy) is 1. The number of nitrogens with one attached hydrogen (secondary N) is 1. The van der Waals surface area contributed by atoms with Gasteiger partial charge in [-0.05, 0) is 18.6 Å². The zero-order valence-electron chi connectivity index (χ0n) is 11.6. The Hall–Kier alpha value is -1.69. The molecule has 0 bridgehead atoms. The van der Waals surface area contributed by atoms with Gasteiger partial charge in [-0.3, -0.25) is 0 Å². The van der Waals surface area contributed by atoms with Crippen LogP contribution >= 0.6 is 11.6 Å². The van der Waals surface area contributed by atoms with Crippen molar-refractivity contribution in [1.82, 2.24) is 0 Å². The summed E-state index contributed by atoms with van der Waals surface area (Å²) < 4.78 is 43.2. The van der Waals surface area contributed by atoms with E-state index in [0.29, 0.717) is 12.0 Å². The van der Waals surface area contributed by atoms with Crippen LogP contribution < -0.4 is 5.32 Å². The maximum absolute atomic E-state index is 12.9. The molecule has 0 heterocycles. The fourth-order valence-corrected chi connectivity index (χ4v) is 1.96. The second-order valence-corrected chi connectivity index (χ2v) is 4.52. The molecule has 116 valence electrons. The Kier molecular flexibility index (Phi) is 6.08. The highest BCUT2D eigenvalue weighted by atomic mass is 35.5. The summed E-state index contributed by atoms with van der Waals surface area (Å²) in [7, 11) is 1.25. The summed E-state index contributed by atoms with van der Waals surface area (Å²) in [4.78, 5) is 11.4. The van der Waals surface area contributed by atoms with Crippen LogP contribution in [0.1, 0.15) is 18.9 Å². The molecule has 0 aliphatic carbocycles. The second-order valence-electron chi connectivity index (χ2n) is 4.12. The highest BCUT2D eigenvalue weighted by Gasteiger charge is 2.34. The van der Waals surface area contributed by atoms with Crippen molar-refractivity contribution >= 4 is 23.3 Å². The fourth-order valence-electron chi connectivity index (χ4n) is 1.72. The van der Waals surface area contributed by atoms with Crippen molar-refractivity contribution in [2.24, 2.45) is 0 Å². The van der Waals surface area contributed by atoms with Gasteiger partial charge in [0.25, 0.3) is 0 Å². The van der Waals surface area contributed by atoms with E-state index in [0.717, 1.165) is 6.07 Å². The first-order chi connectivity index (χ1) is 9.81. The Morgan fingerprint density at radius 3 is 2.62 bits per heavy atom. The number of anilines is 1. The van der Waals surface area contributed by atoms with Gasteiger partial charge in [-0.25, -0.2) is 4.79 Å². The molecule has 1 aromatic carbocycles. The molecule has 0 atom stereocenters. The normalized spacial score (nSPS) is 12.2. The van der Waals surface area contributed by atoms with Crippen molar-refractivity contribution in [2.75, 3.05) is 19.0 Å². The van der Waals surface area contributed by atoms with Gasteiger partial charge in [-0.15, -0.1) is 0 Å². The van der Waals surface area contributed by atoms with E-state index in [9.17, 15) is 18.0 Å². The minimum atomic E-state index is -4.51. The molecule has 1 aromatic rings. The van der Waals surface area contributed by atoms with Crippen LogP contribution in [0.25, 0.3) is 0 Å². The molecule has 0 unspecified atom stereocenters. The van der Waals surface area contributed by atoms with Gasteiger partial charge < -0.3 is 10.1 Å². The third kappa shape index (κ3) is 4.67. The topological polar surface area (TPSA) is 38.3 Å². The molecule has 0 spiro atoms. The molecule has 21 heavy (non-hydrogen) atoms. The van der Waals surface area contributed by atoms with Gasteiger partial charge in [0.15, 0.2) is 0 Å². The smallest absolute Gasteiger partial charge is 0.418 e.